The number of fused-ring (bicyclic) bond motifs is 3. The van der Waals surface area contributed by atoms with Crippen LogP contribution in [0.3, 0.4) is 0 Å². The Morgan fingerprint density at radius 3 is 2.67 bits per heavy atom. The first-order valence-corrected chi connectivity index (χ1v) is 8.54. The van der Waals surface area contributed by atoms with Crippen LogP contribution >= 0.6 is 15.9 Å². The molecular formula is C18H15BrN2O3. The van der Waals surface area contributed by atoms with Gasteiger partial charge in [0.15, 0.2) is 0 Å². The summed E-state index contributed by atoms with van der Waals surface area (Å²) in [5, 5.41) is 24.6. The number of non-ortho nitro benzene ring substituents is 1. The third-order valence-corrected chi connectivity index (χ3v) is 5.60. The Morgan fingerprint density at radius 1 is 1.21 bits per heavy atom. The zero-order valence-corrected chi connectivity index (χ0v) is 14.2. The molecule has 0 saturated carbocycles. The zero-order chi connectivity index (χ0) is 16.8. The molecule has 0 spiro atoms. The Balaban J connectivity index is 1.78. The number of nitro benzene ring substituents is 1. The highest BCUT2D eigenvalue weighted by molar-refractivity contribution is 9.10. The lowest BCUT2D eigenvalue weighted by Crippen LogP contribution is -2.29. The van der Waals surface area contributed by atoms with Crippen molar-refractivity contribution in [3.05, 3.63) is 74.3 Å². The van der Waals surface area contributed by atoms with E-state index in [4.69, 9.17) is 0 Å². The van der Waals surface area contributed by atoms with Gasteiger partial charge in [-0.3, -0.25) is 10.1 Å². The Morgan fingerprint density at radius 2 is 1.96 bits per heavy atom. The normalized spacial score (nSPS) is 24.1. The number of anilines is 1. The van der Waals surface area contributed by atoms with Crippen LogP contribution in [0.2, 0.25) is 0 Å². The molecule has 1 aliphatic heterocycles. The van der Waals surface area contributed by atoms with E-state index in [2.05, 4.69) is 33.4 Å². The van der Waals surface area contributed by atoms with E-state index >= 15 is 0 Å². The molecule has 24 heavy (non-hydrogen) atoms. The van der Waals surface area contributed by atoms with Gasteiger partial charge in [-0.15, -0.1) is 0 Å². The van der Waals surface area contributed by atoms with E-state index in [-0.39, 0.29) is 23.4 Å². The van der Waals surface area contributed by atoms with Crippen LogP contribution in [0.4, 0.5) is 11.4 Å². The highest BCUT2D eigenvalue weighted by atomic mass is 79.9. The van der Waals surface area contributed by atoms with Crippen molar-refractivity contribution in [1.29, 1.82) is 0 Å². The summed E-state index contributed by atoms with van der Waals surface area (Å²) in [7, 11) is 0. The van der Waals surface area contributed by atoms with Crippen molar-refractivity contribution in [3.8, 4) is 5.75 Å². The molecule has 0 radical (unpaired) electrons. The minimum absolute atomic E-state index is 0.00139. The van der Waals surface area contributed by atoms with Gasteiger partial charge in [0.1, 0.15) is 5.75 Å². The Kier molecular flexibility index (Phi) is 3.57. The lowest BCUT2D eigenvalue weighted by atomic mass is 9.77. The SMILES string of the molecule is O=[N+]([O-])c1ccc([C@@H]2Nc3c(O)ccc(Br)c3[C@H]3C=CC[C@H]32)cc1. The van der Waals surface area contributed by atoms with Crippen molar-refractivity contribution in [2.45, 2.75) is 18.4 Å². The number of hydrogen-bond donors (Lipinski definition) is 2. The molecule has 2 aliphatic rings. The maximum Gasteiger partial charge on any atom is 0.269 e. The predicted octanol–water partition coefficient (Wildman–Crippen LogP) is 4.89. The predicted molar refractivity (Wildman–Crippen MR) is 95.3 cm³/mol. The molecule has 0 aromatic heterocycles. The smallest absolute Gasteiger partial charge is 0.269 e. The molecule has 1 heterocycles. The number of nitro groups is 1. The molecule has 6 heteroatoms. The monoisotopic (exact) mass is 386 g/mol. The van der Waals surface area contributed by atoms with Crippen LogP contribution in [-0.2, 0) is 0 Å². The summed E-state index contributed by atoms with van der Waals surface area (Å²) in [5.41, 5.74) is 2.89. The standard InChI is InChI=1S/C18H15BrN2O3/c19-14-8-9-15(22)18-16(14)12-2-1-3-13(12)17(20-18)10-4-6-11(7-5-10)21(23)24/h1-2,4-9,12-13,17,20,22H,3H2/t12-,13+,17-/m0/s1. The first-order valence-electron chi connectivity index (χ1n) is 7.75. The van der Waals surface area contributed by atoms with E-state index in [9.17, 15) is 15.2 Å². The van der Waals surface area contributed by atoms with Crippen molar-refractivity contribution in [1.82, 2.24) is 0 Å². The minimum Gasteiger partial charge on any atom is -0.506 e. The van der Waals surface area contributed by atoms with Gasteiger partial charge in [0.2, 0.25) is 0 Å². The third kappa shape index (κ3) is 2.29. The van der Waals surface area contributed by atoms with E-state index in [0.29, 0.717) is 5.92 Å². The Hall–Kier alpha value is -2.34. The molecule has 0 amide bonds. The summed E-state index contributed by atoms with van der Waals surface area (Å²) < 4.78 is 0.978. The van der Waals surface area contributed by atoms with Crippen molar-refractivity contribution in [2.75, 3.05) is 5.32 Å². The van der Waals surface area contributed by atoms with Gasteiger partial charge in [0.25, 0.3) is 5.69 Å². The molecule has 122 valence electrons. The molecule has 0 fully saturated rings. The van der Waals surface area contributed by atoms with Crippen LogP contribution in [0, 0.1) is 16.0 Å². The van der Waals surface area contributed by atoms with Gasteiger partial charge in [-0.2, -0.15) is 0 Å². The second-order valence-corrected chi connectivity index (χ2v) is 7.03. The Labute approximate surface area is 147 Å². The largest absolute Gasteiger partial charge is 0.506 e. The highest BCUT2D eigenvalue weighted by Crippen LogP contribution is 2.54. The molecule has 5 nitrogen and oxygen atoms in total. The van der Waals surface area contributed by atoms with E-state index < -0.39 is 4.92 Å². The number of nitrogens with zero attached hydrogens (tertiary/aromatic N) is 1. The molecule has 4 rings (SSSR count). The van der Waals surface area contributed by atoms with Gasteiger partial charge in [0, 0.05) is 28.1 Å². The fraction of sp³-hybridized carbons (Fsp3) is 0.222. The molecule has 2 aromatic rings. The van der Waals surface area contributed by atoms with Gasteiger partial charge in [-0.05, 0) is 30.0 Å². The minimum atomic E-state index is -0.393. The lowest BCUT2D eigenvalue weighted by Gasteiger charge is -2.38. The Bertz CT molecular complexity index is 848. The van der Waals surface area contributed by atoms with Crippen molar-refractivity contribution < 1.29 is 10.0 Å². The molecule has 0 bridgehead atoms. The van der Waals surface area contributed by atoms with E-state index in [1.165, 1.54) is 12.1 Å². The van der Waals surface area contributed by atoms with Crippen molar-refractivity contribution in [2.24, 2.45) is 5.92 Å². The number of rotatable bonds is 2. The van der Waals surface area contributed by atoms with Crippen LogP contribution in [0.1, 0.15) is 29.5 Å². The fourth-order valence-electron chi connectivity index (χ4n) is 3.78. The van der Waals surface area contributed by atoms with E-state index in [1.54, 1.807) is 18.2 Å². The highest BCUT2D eigenvalue weighted by Gasteiger charge is 2.40. The fourth-order valence-corrected chi connectivity index (χ4v) is 4.38. The van der Waals surface area contributed by atoms with Crippen LogP contribution in [-0.4, -0.2) is 10.0 Å². The number of phenols is 1. The number of phenolic OH excluding ortho intramolecular Hbond substituents is 1. The summed E-state index contributed by atoms with van der Waals surface area (Å²) in [4.78, 5) is 10.5. The molecule has 0 saturated heterocycles. The number of halogens is 1. The zero-order valence-electron chi connectivity index (χ0n) is 12.6. The molecule has 2 N–H and O–H groups in total. The van der Waals surface area contributed by atoms with Crippen molar-refractivity contribution >= 4 is 27.3 Å². The molecular weight excluding hydrogens is 372 g/mol. The summed E-state index contributed by atoms with van der Waals surface area (Å²) in [6, 6.07) is 10.2. The number of aromatic hydroxyl groups is 1. The average molecular weight is 387 g/mol. The summed E-state index contributed by atoms with van der Waals surface area (Å²) >= 11 is 3.59. The maximum absolute atomic E-state index is 10.9. The summed E-state index contributed by atoms with van der Waals surface area (Å²) in [6.45, 7) is 0. The average Bonchev–Trinajstić information content (AvgIpc) is 3.07. The first-order chi connectivity index (χ1) is 11.6. The van der Waals surface area contributed by atoms with Gasteiger partial charge >= 0.3 is 0 Å². The summed E-state index contributed by atoms with van der Waals surface area (Å²) in [6.07, 6.45) is 5.29. The molecule has 1 aliphatic carbocycles. The molecule has 3 atom stereocenters. The lowest BCUT2D eigenvalue weighted by molar-refractivity contribution is -0.384. The topological polar surface area (TPSA) is 75.4 Å². The van der Waals surface area contributed by atoms with Crippen LogP contribution < -0.4 is 5.32 Å². The van der Waals surface area contributed by atoms with Crippen LogP contribution in [0.25, 0.3) is 0 Å². The third-order valence-electron chi connectivity index (χ3n) is 4.91. The van der Waals surface area contributed by atoms with E-state index in [0.717, 1.165) is 27.7 Å². The van der Waals surface area contributed by atoms with Crippen LogP contribution in [0.5, 0.6) is 5.75 Å². The second-order valence-electron chi connectivity index (χ2n) is 6.18. The van der Waals surface area contributed by atoms with Gasteiger partial charge in [0.05, 0.1) is 16.7 Å². The molecule has 0 unspecified atom stereocenters. The maximum atomic E-state index is 10.9. The quantitative estimate of drug-likeness (QED) is 0.333. The number of allylic oxidation sites excluding steroid dienone is 2. The molecule has 2 aromatic carbocycles. The number of benzene rings is 2. The summed E-state index contributed by atoms with van der Waals surface area (Å²) in [5.74, 6) is 0.749. The second kappa shape index (κ2) is 5.63. The first kappa shape index (κ1) is 15.2. The van der Waals surface area contributed by atoms with Gasteiger partial charge in [-0.1, -0.05) is 40.2 Å². The van der Waals surface area contributed by atoms with Gasteiger partial charge < -0.3 is 10.4 Å². The number of nitrogens with one attached hydrogen (secondary N) is 1. The number of hydrogen-bond acceptors (Lipinski definition) is 4. The van der Waals surface area contributed by atoms with Gasteiger partial charge in [-0.25, -0.2) is 0 Å². The van der Waals surface area contributed by atoms with Crippen molar-refractivity contribution in [3.63, 3.8) is 0 Å². The van der Waals surface area contributed by atoms with Crippen LogP contribution in [0.15, 0.2) is 53.0 Å². The van der Waals surface area contributed by atoms with E-state index in [1.807, 2.05) is 6.07 Å².